The van der Waals surface area contributed by atoms with Gasteiger partial charge in [0.15, 0.2) is 0 Å². The molecular weight excluding hydrogens is 198 g/mol. The van der Waals surface area contributed by atoms with E-state index in [-0.39, 0.29) is 0 Å². The van der Waals surface area contributed by atoms with Crippen LogP contribution in [-0.4, -0.2) is 25.3 Å². The normalized spacial score (nSPS) is 25.9. The molecule has 0 aromatic heterocycles. The molecule has 0 amide bonds. The molecule has 16 heavy (non-hydrogen) atoms. The van der Waals surface area contributed by atoms with Gasteiger partial charge in [0.1, 0.15) is 0 Å². The SMILES string of the molecule is Cc1ccc(N2C[C@@H](C)O[C@@H](C)C2)c(C)c1. The quantitative estimate of drug-likeness (QED) is 0.720. The molecule has 2 atom stereocenters. The van der Waals surface area contributed by atoms with Crippen molar-refractivity contribution in [2.24, 2.45) is 0 Å². The van der Waals surface area contributed by atoms with Crippen LogP contribution in [0, 0.1) is 13.8 Å². The molecule has 1 fully saturated rings. The number of hydrogen-bond donors (Lipinski definition) is 0. The van der Waals surface area contributed by atoms with E-state index in [4.69, 9.17) is 4.74 Å². The zero-order chi connectivity index (χ0) is 11.7. The van der Waals surface area contributed by atoms with Crippen LogP contribution in [0.2, 0.25) is 0 Å². The van der Waals surface area contributed by atoms with Crippen molar-refractivity contribution in [1.29, 1.82) is 0 Å². The Hall–Kier alpha value is -1.02. The molecule has 0 unspecified atom stereocenters. The number of hydrogen-bond acceptors (Lipinski definition) is 2. The predicted molar refractivity (Wildman–Crippen MR) is 68.1 cm³/mol. The minimum Gasteiger partial charge on any atom is -0.372 e. The Morgan fingerprint density at radius 1 is 1.12 bits per heavy atom. The molecule has 1 saturated heterocycles. The first-order valence-electron chi connectivity index (χ1n) is 6.04. The van der Waals surface area contributed by atoms with Gasteiger partial charge in [0.25, 0.3) is 0 Å². The lowest BCUT2D eigenvalue weighted by Crippen LogP contribution is -2.45. The summed E-state index contributed by atoms with van der Waals surface area (Å²) in [5.41, 5.74) is 4.05. The number of ether oxygens (including phenoxy) is 1. The lowest BCUT2D eigenvalue weighted by atomic mass is 10.1. The Morgan fingerprint density at radius 2 is 1.75 bits per heavy atom. The van der Waals surface area contributed by atoms with Gasteiger partial charge < -0.3 is 9.64 Å². The number of nitrogens with zero attached hydrogens (tertiary/aromatic N) is 1. The molecule has 2 rings (SSSR count). The Morgan fingerprint density at radius 3 is 2.31 bits per heavy atom. The van der Waals surface area contributed by atoms with Gasteiger partial charge in [0.05, 0.1) is 12.2 Å². The van der Waals surface area contributed by atoms with Gasteiger partial charge in [-0.05, 0) is 39.3 Å². The summed E-state index contributed by atoms with van der Waals surface area (Å²) in [5.74, 6) is 0. The summed E-state index contributed by atoms with van der Waals surface area (Å²) in [7, 11) is 0. The molecule has 88 valence electrons. The van der Waals surface area contributed by atoms with E-state index in [1.807, 2.05) is 0 Å². The molecule has 0 radical (unpaired) electrons. The van der Waals surface area contributed by atoms with Gasteiger partial charge >= 0.3 is 0 Å². The number of benzene rings is 1. The van der Waals surface area contributed by atoms with Crippen molar-refractivity contribution in [3.8, 4) is 0 Å². The van der Waals surface area contributed by atoms with Crippen molar-refractivity contribution in [3.05, 3.63) is 29.3 Å². The van der Waals surface area contributed by atoms with Crippen LogP contribution in [-0.2, 0) is 4.74 Å². The van der Waals surface area contributed by atoms with E-state index in [2.05, 4.69) is 50.8 Å². The predicted octanol–water partition coefficient (Wildman–Crippen LogP) is 2.92. The molecule has 1 aliphatic rings. The van der Waals surface area contributed by atoms with Gasteiger partial charge in [-0.25, -0.2) is 0 Å². The monoisotopic (exact) mass is 219 g/mol. The Balaban J connectivity index is 2.23. The minimum atomic E-state index is 0.324. The molecule has 0 spiro atoms. The maximum Gasteiger partial charge on any atom is 0.0726 e. The fourth-order valence-electron chi connectivity index (χ4n) is 2.53. The topological polar surface area (TPSA) is 12.5 Å². The number of morpholine rings is 1. The molecule has 1 aliphatic heterocycles. The van der Waals surface area contributed by atoms with Crippen molar-refractivity contribution in [3.63, 3.8) is 0 Å². The second-order valence-corrected chi connectivity index (χ2v) is 4.95. The van der Waals surface area contributed by atoms with Gasteiger partial charge in [-0.3, -0.25) is 0 Å². The van der Waals surface area contributed by atoms with Gasteiger partial charge in [0.2, 0.25) is 0 Å². The summed E-state index contributed by atoms with van der Waals surface area (Å²) >= 11 is 0. The van der Waals surface area contributed by atoms with Gasteiger partial charge in [-0.15, -0.1) is 0 Å². The highest BCUT2D eigenvalue weighted by atomic mass is 16.5. The Labute approximate surface area is 98.2 Å². The van der Waals surface area contributed by atoms with Crippen LogP contribution in [0.15, 0.2) is 18.2 Å². The highest BCUT2D eigenvalue weighted by Crippen LogP contribution is 2.24. The van der Waals surface area contributed by atoms with E-state index >= 15 is 0 Å². The van der Waals surface area contributed by atoms with Crippen LogP contribution in [0.1, 0.15) is 25.0 Å². The standard InChI is InChI=1S/C14H21NO/c1-10-5-6-14(11(2)7-10)15-8-12(3)16-13(4)9-15/h5-7,12-13H,8-9H2,1-4H3/t12-,13+. The lowest BCUT2D eigenvalue weighted by molar-refractivity contribution is -0.00524. The maximum absolute atomic E-state index is 5.76. The molecule has 1 aromatic carbocycles. The van der Waals surface area contributed by atoms with Crippen LogP contribution < -0.4 is 4.90 Å². The number of aryl methyl sites for hydroxylation is 2. The second-order valence-electron chi connectivity index (χ2n) is 4.95. The highest BCUT2D eigenvalue weighted by molar-refractivity contribution is 5.54. The van der Waals surface area contributed by atoms with Crippen LogP contribution in [0.25, 0.3) is 0 Å². The van der Waals surface area contributed by atoms with Gasteiger partial charge in [-0.2, -0.15) is 0 Å². The summed E-state index contributed by atoms with van der Waals surface area (Å²) in [6.07, 6.45) is 0.647. The van der Waals surface area contributed by atoms with E-state index < -0.39 is 0 Å². The molecule has 1 heterocycles. The average molecular weight is 219 g/mol. The van der Waals surface area contributed by atoms with Crippen LogP contribution >= 0.6 is 0 Å². The third kappa shape index (κ3) is 2.38. The van der Waals surface area contributed by atoms with Crippen molar-refractivity contribution >= 4 is 5.69 Å². The van der Waals surface area contributed by atoms with E-state index in [0.29, 0.717) is 12.2 Å². The summed E-state index contributed by atoms with van der Waals surface area (Å²) in [6, 6.07) is 6.67. The van der Waals surface area contributed by atoms with Crippen molar-refractivity contribution in [1.82, 2.24) is 0 Å². The van der Waals surface area contributed by atoms with Crippen molar-refractivity contribution < 1.29 is 4.74 Å². The zero-order valence-electron chi connectivity index (χ0n) is 10.7. The molecule has 2 heteroatoms. The molecule has 0 N–H and O–H groups in total. The summed E-state index contributed by atoms with van der Waals surface area (Å²) in [4.78, 5) is 2.44. The van der Waals surface area contributed by atoms with Crippen LogP contribution in [0.3, 0.4) is 0 Å². The maximum atomic E-state index is 5.76. The fraction of sp³-hybridized carbons (Fsp3) is 0.571. The van der Waals surface area contributed by atoms with E-state index in [0.717, 1.165) is 13.1 Å². The Bertz CT molecular complexity index is 365. The first-order valence-corrected chi connectivity index (χ1v) is 6.04. The third-order valence-electron chi connectivity index (χ3n) is 3.11. The van der Waals surface area contributed by atoms with E-state index in [1.54, 1.807) is 0 Å². The van der Waals surface area contributed by atoms with E-state index in [1.165, 1.54) is 16.8 Å². The molecular formula is C14H21NO. The average Bonchev–Trinajstić information content (AvgIpc) is 2.15. The second kappa shape index (κ2) is 4.46. The lowest BCUT2D eigenvalue weighted by Gasteiger charge is -2.37. The van der Waals surface area contributed by atoms with Crippen LogP contribution in [0.5, 0.6) is 0 Å². The fourth-order valence-corrected chi connectivity index (χ4v) is 2.53. The summed E-state index contributed by atoms with van der Waals surface area (Å²) in [6.45, 7) is 10.6. The molecule has 1 aromatic rings. The first kappa shape index (κ1) is 11.5. The van der Waals surface area contributed by atoms with Gasteiger partial charge in [0, 0.05) is 18.8 Å². The zero-order valence-corrected chi connectivity index (χ0v) is 10.7. The van der Waals surface area contributed by atoms with E-state index in [9.17, 15) is 0 Å². The van der Waals surface area contributed by atoms with Crippen molar-refractivity contribution in [2.45, 2.75) is 39.9 Å². The van der Waals surface area contributed by atoms with Gasteiger partial charge in [-0.1, -0.05) is 17.7 Å². The number of rotatable bonds is 1. The summed E-state index contributed by atoms with van der Waals surface area (Å²) < 4.78 is 5.76. The largest absolute Gasteiger partial charge is 0.372 e. The molecule has 0 saturated carbocycles. The number of anilines is 1. The summed E-state index contributed by atoms with van der Waals surface area (Å²) in [5, 5.41) is 0. The molecule has 0 bridgehead atoms. The first-order chi connectivity index (χ1) is 7.56. The smallest absolute Gasteiger partial charge is 0.0726 e. The molecule has 2 nitrogen and oxygen atoms in total. The van der Waals surface area contributed by atoms with Crippen LogP contribution in [0.4, 0.5) is 5.69 Å². The Kier molecular flexibility index (Phi) is 3.20. The van der Waals surface area contributed by atoms with Crippen molar-refractivity contribution in [2.75, 3.05) is 18.0 Å². The highest BCUT2D eigenvalue weighted by Gasteiger charge is 2.23. The minimum absolute atomic E-state index is 0.324. The third-order valence-corrected chi connectivity index (χ3v) is 3.11. The molecule has 0 aliphatic carbocycles.